The van der Waals surface area contributed by atoms with Crippen LogP contribution in [0.5, 0.6) is 0 Å². The van der Waals surface area contributed by atoms with Crippen molar-refractivity contribution in [1.82, 2.24) is 19.1 Å². The van der Waals surface area contributed by atoms with Gasteiger partial charge in [0, 0.05) is 12.4 Å². The molecule has 0 aliphatic carbocycles. The number of alkyl halides is 3. The largest absolute Gasteiger partial charge is 0.433 e. The lowest BCUT2D eigenvalue weighted by Gasteiger charge is -2.14. The van der Waals surface area contributed by atoms with Crippen LogP contribution in [0.25, 0.3) is 27.8 Å². The number of hydrogen-bond donors (Lipinski definition) is 0. The van der Waals surface area contributed by atoms with Crippen LogP contribution in [0, 0.1) is 5.82 Å². The zero-order chi connectivity index (χ0) is 19.5. The summed E-state index contributed by atoms with van der Waals surface area (Å²) in [6, 6.07) is 5.72. The molecular weight excluding hydrogens is 388 g/mol. The lowest BCUT2D eigenvalue weighted by Crippen LogP contribution is -2.22. The zero-order valence-corrected chi connectivity index (χ0v) is 14.3. The van der Waals surface area contributed by atoms with E-state index in [0.29, 0.717) is 5.52 Å². The molecule has 0 unspecified atom stereocenters. The van der Waals surface area contributed by atoms with E-state index in [1.54, 1.807) is 7.05 Å². The van der Waals surface area contributed by atoms with Crippen molar-refractivity contribution in [3.63, 3.8) is 0 Å². The van der Waals surface area contributed by atoms with Crippen molar-refractivity contribution >= 4 is 33.7 Å². The van der Waals surface area contributed by atoms with Gasteiger partial charge in [-0.15, -0.1) is 0 Å². The van der Waals surface area contributed by atoms with Crippen LogP contribution >= 0.6 is 11.6 Å². The van der Waals surface area contributed by atoms with E-state index in [1.807, 2.05) is 0 Å². The summed E-state index contributed by atoms with van der Waals surface area (Å²) in [5, 5.41) is -0.159. The highest BCUT2D eigenvalue weighted by molar-refractivity contribution is 6.32. The summed E-state index contributed by atoms with van der Waals surface area (Å²) in [6.45, 7) is 0. The number of rotatable bonds is 1. The van der Waals surface area contributed by atoms with E-state index >= 15 is 0 Å². The summed E-state index contributed by atoms with van der Waals surface area (Å²) >= 11 is 5.98. The molecule has 0 spiro atoms. The van der Waals surface area contributed by atoms with E-state index in [1.165, 1.54) is 29.1 Å². The number of aromatic nitrogens is 4. The molecule has 0 aliphatic rings. The fourth-order valence-electron chi connectivity index (χ4n) is 2.96. The minimum absolute atomic E-state index is 0.00638. The third-order valence-corrected chi connectivity index (χ3v) is 4.52. The van der Waals surface area contributed by atoms with Gasteiger partial charge in [0.25, 0.3) is 5.56 Å². The van der Waals surface area contributed by atoms with Crippen molar-refractivity contribution in [2.24, 2.45) is 7.05 Å². The van der Waals surface area contributed by atoms with Gasteiger partial charge in [0.05, 0.1) is 17.5 Å². The Morgan fingerprint density at radius 2 is 1.89 bits per heavy atom. The molecule has 4 aromatic rings. The van der Waals surface area contributed by atoms with Gasteiger partial charge < -0.3 is 4.57 Å². The first-order valence-electron chi connectivity index (χ1n) is 7.58. The van der Waals surface area contributed by atoms with Gasteiger partial charge in [-0.1, -0.05) is 17.7 Å². The van der Waals surface area contributed by atoms with Crippen LogP contribution < -0.4 is 5.56 Å². The molecule has 0 saturated heterocycles. The summed E-state index contributed by atoms with van der Waals surface area (Å²) in [7, 11) is 1.60. The number of benzene rings is 1. The van der Waals surface area contributed by atoms with E-state index in [2.05, 4.69) is 9.97 Å². The number of fused-ring (bicyclic) bond motifs is 3. The molecule has 0 atom stereocenters. The van der Waals surface area contributed by atoms with Gasteiger partial charge in [-0.2, -0.15) is 13.2 Å². The SMILES string of the molecule is Cn1cnc2c(=O)n(-c3cccc(F)c3Cl)c3nc(C(F)(F)F)ccc3c21. The average Bonchev–Trinajstić information content (AvgIpc) is 3.00. The van der Waals surface area contributed by atoms with Crippen molar-refractivity contribution in [1.29, 1.82) is 0 Å². The summed E-state index contributed by atoms with van der Waals surface area (Å²) in [6.07, 6.45) is -3.36. The molecule has 0 bridgehead atoms. The van der Waals surface area contributed by atoms with Gasteiger partial charge >= 0.3 is 6.18 Å². The summed E-state index contributed by atoms with van der Waals surface area (Å²) in [5.41, 5.74) is -2.02. The third kappa shape index (κ3) is 2.57. The minimum atomic E-state index is -4.72. The first-order chi connectivity index (χ1) is 12.7. The molecule has 138 valence electrons. The van der Waals surface area contributed by atoms with E-state index in [-0.39, 0.29) is 22.2 Å². The molecule has 0 aliphatic heterocycles. The van der Waals surface area contributed by atoms with Crippen molar-refractivity contribution in [3.05, 3.63) is 63.5 Å². The number of halogens is 5. The van der Waals surface area contributed by atoms with Crippen LogP contribution in [-0.2, 0) is 13.2 Å². The maximum atomic E-state index is 13.9. The van der Waals surface area contributed by atoms with Crippen molar-refractivity contribution in [3.8, 4) is 5.69 Å². The summed E-state index contributed by atoms with van der Waals surface area (Å²) < 4.78 is 55.8. The van der Waals surface area contributed by atoms with Crippen LogP contribution in [0.15, 0.2) is 41.5 Å². The van der Waals surface area contributed by atoms with Gasteiger partial charge in [-0.3, -0.25) is 9.36 Å². The second kappa shape index (κ2) is 5.78. The molecule has 5 nitrogen and oxygen atoms in total. The fraction of sp³-hybridized carbons (Fsp3) is 0.118. The predicted octanol–water partition coefficient (Wildman–Crippen LogP) is 4.08. The molecule has 0 fully saturated rings. The molecule has 27 heavy (non-hydrogen) atoms. The Hall–Kier alpha value is -2.94. The van der Waals surface area contributed by atoms with E-state index < -0.39 is 28.3 Å². The minimum Gasteiger partial charge on any atom is -0.333 e. The number of pyridine rings is 2. The number of imidazole rings is 1. The Morgan fingerprint density at radius 3 is 2.59 bits per heavy atom. The van der Waals surface area contributed by atoms with E-state index in [9.17, 15) is 22.4 Å². The van der Waals surface area contributed by atoms with Gasteiger partial charge in [0.1, 0.15) is 22.2 Å². The topological polar surface area (TPSA) is 52.7 Å². The molecule has 0 saturated carbocycles. The Balaban J connectivity index is 2.26. The van der Waals surface area contributed by atoms with Crippen LogP contribution in [0.2, 0.25) is 5.02 Å². The zero-order valence-electron chi connectivity index (χ0n) is 13.6. The van der Waals surface area contributed by atoms with Crippen LogP contribution in [-0.4, -0.2) is 19.1 Å². The molecular formula is C17H9ClF4N4O. The first kappa shape index (κ1) is 17.5. The summed E-state index contributed by atoms with van der Waals surface area (Å²) in [4.78, 5) is 20.6. The highest BCUT2D eigenvalue weighted by Gasteiger charge is 2.33. The standard InChI is InChI=1S/C17H9ClF4N4O/c1-25-7-23-13-14(25)8-5-6-11(17(20,21)22)24-15(8)26(16(13)27)10-4-2-3-9(19)12(10)18/h2-7H,1H3. The number of nitrogens with zero attached hydrogens (tertiary/aromatic N) is 4. The molecule has 1 aromatic carbocycles. The predicted molar refractivity (Wildman–Crippen MR) is 91.6 cm³/mol. The van der Waals surface area contributed by atoms with Gasteiger partial charge in [-0.25, -0.2) is 14.4 Å². The fourth-order valence-corrected chi connectivity index (χ4v) is 3.17. The maximum absolute atomic E-state index is 13.9. The van der Waals surface area contributed by atoms with Crippen molar-refractivity contribution < 1.29 is 17.6 Å². The monoisotopic (exact) mass is 396 g/mol. The molecule has 3 heterocycles. The lowest BCUT2D eigenvalue weighted by molar-refractivity contribution is -0.141. The van der Waals surface area contributed by atoms with Gasteiger partial charge in [0.15, 0.2) is 5.52 Å². The molecule has 3 aromatic heterocycles. The van der Waals surface area contributed by atoms with Crippen LogP contribution in [0.4, 0.5) is 17.6 Å². The van der Waals surface area contributed by atoms with Gasteiger partial charge in [-0.05, 0) is 24.3 Å². The normalized spacial score (nSPS) is 12.2. The van der Waals surface area contributed by atoms with Crippen LogP contribution in [0.1, 0.15) is 5.69 Å². The third-order valence-electron chi connectivity index (χ3n) is 4.15. The summed E-state index contributed by atoms with van der Waals surface area (Å²) in [5.74, 6) is -0.817. The molecule has 0 amide bonds. The second-order valence-corrected chi connectivity index (χ2v) is 6.21. The smallest absolute Gasteiger partial charge is 0.333 e. The Bertz CT molecular complexity index is 1280. The quantitative estimate of drug-likeness (QED) is 0.455. The van der Waals surface area contributed by atoms with Crippen LogP contribution in [0.3, 0.4) is 0 Å². The lowest BCUT2D eigenvalue weighted by atomic mass is 10.2. The Morgan fingerprint density at radius 1 is 1.15 bits per heavy atom. The Labute approximate surface area is 153 Å². The average molecular weight is 397 g/mol. The van der Waals surface area contributed by atoms with Crippen molar-refractivity contribution in [2.45, 2.75) is 6.18 Å². The highest BCUT2D eigenvalue weighted by Crippen LogP contribution is 2.32. The van der Waals surface area contributed by atoms with E-state index in [4.69, 9.17) is 11.6 Å². The maximum Gasteiger partial charge on any atom is 0.433 e. The van der Waals surface area contributed by atoms with Gasteiger partial charge in [0.2, 0.25) is 0 Å². The number of aryl methyl sites for hydroxylation is 1. The number of hydrogen-bond acceptors (Lipinski definition) is 3. The molecule has 4 rings (SSSR count). The molecule has 10 heteroatoms. The first-order valence-corrected chi connectivity index (χ1v) is 7.96. The van der Waals surface area contributed by atoms with E-state index in [0.717, 1.165) is 16.7 Å². The molecule has 0 radical (unpaired) electrons. The Kier molecular flexibility index (Phi) is 3.74. The van der Waals surface area contributed by atoms with Crippen molar-refractivity contribution in [2.75, 3.05) is 0 Å². The highest BCUT2D eigenvalue weighted by atomic mass is 35.5. The second-order valence-electron chi connectivity index (χ2n) is 5.83. The molecule has 0 N–H and O–H groups in total.